The van der Waals surface area contributed by atoms with E-state index in [0.717, 1.165) is 38.3 Å². The first-order chi connectivity index (χ1) is 6.16. The first-order valence-electron chi connectivity index (χ1n) is 5.55. The van der Waals surface area contributed by atoms with E-state index >= 15 is 0 Å². The van der Waals surface area contributed by atoms with Crippen LogP contribution in [0, 0.1) is 5.92 Å². The predicted octanol–water partition coefficient (Wildman–Crippen LogP) is 2.17. The van der Waals surface area contributed by atoms with Gasteiger partial charge in [-0.1, -0.05) is 33.6 Å². The number of rotatable bonds is 8. The maximum absolute atomic E-state index is 9.53. The minimum Gasteiger partial charge on any atom is -0.392 e. The highest BCUT2D eigenvalue weighted by molar-refractivity contribution is 4.60. The van der Waals surface area contributed by atoms with Crippen LogP contribution in [0.2, 0.25) is 0 Å². The maximum atomic E-state index is 9.53. The molecule has 0 fully saturated rings. The number of aliphatic hydroxyl groups is 1. The molecular formula is C11H25NO. The third-order valence-electron chi connectivity index (χ3n) is 2.13. The summed E-state index contributed by atoms with van der Waals surface area (Å²) in [5, 5.41) is 12.7. The molecule has 0 aliphatic heterocycles. The lowest BCUT2D eigenvalue weighted by Gasteiger charge is -2.11. The topological polar surface area (TPSA) is 32.3 Å². The monoisotopic (exact) mass is 187 g/mol. The van der Waals surface area contributed by atoms with Crippen molar-refractivity contribution in [3.05, 3.63) is 0 Å². The van der Waals surface area contributed by atoms with Crippen molar-refractivity contribution in [3.8, 4) is 0 Å². The zero-order valence-corrected chi connectivity index (χ0v) is 9.34. The van der Waals surface area contributed by atoms with Crippen molar-refractivity contribution in [1.29, 1.82) is 0 Å². The highest BCUT2D eigenvalue weighted by atomic mass is 16.3. The first-order valence-corrected chi connectivity index (χ1v) is 5.55. The summed E-state index contributed by atoms with van der Waals surface area (Å²) in [6.07, 6.45) is 4.30. The molecule has 0 radical (unpaired) electrons. The Bertz CT molecular complexity index is 104. The van der Waals surface area contributed by atoms with Crippen molar-refractivity contribution in [2.24, 2.45) is 5.92 Å². The van der Waals surface area contributed by atoms with Crippen LogP contribution in [0.1, 0.15) is 46.5 Å². The van der Waals surface area contributed by atoms with Crippen LogP contribution in [0.25, 0.3) is 0 Å². The minimum atomic E-state index is -0.148. The van der Waals surface area contributed by atoms with Crippen LogP contribution in [0.15, 0.2) is 0 Å². The van der Waals surface area contributed by atoms with E-state index in [-0.39, 0.29) is 6.10 Å². The second kappa shape index (κ2) is 8.52. The Morgan fingerprint density at radius 1 is 1.23 bits per heavy atom. The molecule has 1 unspecified atom stereocenters. The smallest absolute Gasteiger partial charge is 0.0664 e. The summed E-state index contributed by atoms with van der Waals surface area (Å²) in [4.78, 5) is 0. The summed E-state index contributed by atoms with van der Waals surface area (Å²) in [6, 6.07) is 0. The Labute approximate surface area is 82.7 Å². The lowest BCUT2D eigenvalue weighted by Crippen LogP contribution is -2.27. The molecule has 0 amide bonds. The summed E-state index contributed by atoms with van der Waals surface area (Å²) in [7, 11) is 0. The van der Waals surface area contributed by atoms with E-state index in [4.69, 9.17) is 0 Å². The van der Waals surface area contributed by atoms with Gasteiger partial charge in [0.05, 0.1) is 6.10 Å². The Kier molecular flexibility index (Phi) is 8.46. The third kappa shape index (κ3) is 9.84. The molecule has 0 aromatic heterocycles. The molecular weight excluding hydrogens is 162 g/mol. The van der Waals surface area contributed by atoms with E-state index in [1.807, 2.05) is 0 Å². The molecule has 0 aliphatic rings. The number of nitrogens with one attached hydrogen (secondary N) is 1. The number of hydrogen-bond donors (Lipinski definition) is 2. The molecule has 0 aromatic carbocycles. The maximum Gasteiger partial charge on any atom is 0.0664 e. The zero-order chi connectivity index (χ0) is 10.1. The van der Waals surface area contributed by atoms with E-state index in [0.29, 0.717) is 0 Å². The van der Waals surface area contributed by atoms with Crippen LogP contribution in [0.5, 0.6) is 0 Å². The molecule has 0 saturated carbocycles. The van der Waals surface area contributed by atoms with Crippen LogP contribution >= 0.6 is 0 Å². The number of hydrogen-bond acceptors (Lipinski definition) is 2. The summed E-state index contributed by atoms with van der Waals surface area (Å²) < 4.78 is 0. The van der Waals surface area contributed by atoms with E-state index in [2.05, 4.69) is 26.1 Å². The fourth-order valence-electron chi connectivity index (χ4n) is 1.31. The Morgan fingerprint density at radius 3 is 2.46 bits per heavy atom. The molecule has 2 heteroatoms. The van der Waals surface area contributed by atoms with Crippen molar-refractivity contribution in [2.75, 3.05) is 13.1 Å². The molecule has 2 nitrogen and oxygen atoms in total. The Morgan fingerprint density at radius 2 is 1.92 bits per heavy atom. The van der Waals surface area contributed by atoms with Crippen LogP contribution in [-0.4, -0.2) is 24.3 Å². The second-order valence-electron chi connectivity index (χ2n) is 4.18. The largest absolute Gasteiger partial charge is 0.392 e. The lowest BCUT2D eigenvalue weighted by molar-refractivity contribution is 0.157. The number of aliphatic hydroxyl groups excluding tert-OH is 1. The molecule has 0 heterocycles. The van der Waals surface area contributed by atoms with Gasteiger partial charge in [0, 0.05) is 6.54 Å². The second-order valence-corrected chi connectivity index (χ2v) is 4.18. The normalized spacial score (nSPS) is 13.6. The molecule has 0 rings (SSSR count). The van der Waals surface area contributed by atoms with Crippen LogP contribution in [-0.2, 0) is 0 Å². The van der Waals surface area contributed by atoms with Crippen molar-refractivity contribution in [3.63, 3.8) is 0 Å². The average molecular weight is 187 g/mol. The molecule has 0 aliphatic carbocycles. The molecule has 13 heavy (non-hydrogen) atoms. The van der Waals surface area contributed by atoms with Gasteiger partial charge in [-0.3, -0.25) is 0 Å². The van der Waals surface area contributed by atoms with Gasteiger partial charge in [-0.25, -0.2) is 0 Å². The molecule has 0 saturated heterocycles. The summed E-state index contributed by atoms with van der Waals surface area (Å²) in [6.45, 7) is 8.36. The van der Waals surface area contributed by atoms with Crippen molar-refractivity contribution < 1.29 is 5.11 Å². The summed E-state index contributed by atoms with van der Waals surface area (Å²) >= 11 is 0. The first kappa shape index (κ1) is 12.9. The van der Waals surface area contributed by atoms with Crippen LogP contribution < -0.4 is 5.32 Å². The Hall–Kier alpha value is -0.0800. The standard InChI is InChI=1S/C11H25NO/c1-4-8-12-9-11(13)7-5-6-10(2)3/h10-13H,4-9H2,1-3H3. The molecule has 0 aromatic rings. The van der Waals surface area contributed by atoms with Crippen molar-refractivity contribution in [2.45, 2.75) is 52.6 Å². The highest BCUT2D eigenvalue weighted by Crippen LogP contribution is 2.07. The fourth-order valence-corrected chi connectivity index (χ4v) is 1.31. The van der Waals surface area contributed by atoms with Crippen LogP contribution in [0.3, 0.4) is 0 Å². The van der Waals surface area contributed by atoms with Crippen molar-refractivity contribution in [1.82, 2.24) is 5.32 Å². The lowest BCUT2D eigenvalue weighted by atomic mass is 10.0. The van der Waals surface area contributed by atoms with Gasteiger partial charge >= 0.3 is 0 Å². The van der Waals surface area contributed by atoms with Gasteiger partial charge in [0.2, 0.25) is 0 Å². The molecule has 0 spiro atoms. The van der Waals surface area contributed by atoms with Gasteiger partial charge in [0.15, 0.2) is 0 Å². The van der Waals surface area contributed by atoms with E-state index in [9.17, 15) is 5.11 Å². The fraction of sp³-hybridized carbons (Fsp3) is 1.00. The molecule has 80 valence electrons. The summed E-state index contributed by atoms with van der Waals surface area (Å²) in [5.41, 5.74) is 0. The van der Waals surface area contributed by atoms with E-state index < -0.39 is 0 Å². The van der Waals surface area contributed by atoms with E-state index in [1.165, 1.54) is 6.42 Å². The average Bonchev–Trinajstić information content (AvgIpc) is 2.04. The quantitative estimate of drug-likeness (QED) is 0.571. The Balaban J connectivity index is 3.15. The van der Waals surface area contributed by atoms with E-state index in [1.54, 1.807) is 0 Å². The third-order valence-corrected chi connectivity index (χ3v) is 2.13. The SMILES string of the molecule is CCCNCC(O)CCCC(C)C. The molecule has 1 atom stereocenters. The van der Waals surface area contributed by atoms with Gasteiger partial charge in [0.1, 0.15) is 0 Å². The van der Waals surface area contributed by atoms with Gasteiger partial charge < -0.3 is 10.4 Å². The highest BCUT2D eigenvalue weighted by Gasteiger charge is 2.03. The van der Waals surface area contributed by atoms with Gasteiger partial charge in [-0.15, -0.1) is 0 Å². The van der Waals surface area contributed by atoms with Crippen molar-refractivity contribution >= 4 is 0 Å². The van der Waals surface area contributed by atoms with Gasteiger partial charge in [-0.2, -0.15) is 0 Å². The van der Waals surface area contributed by atoms with Crippen LogP contribution in [0.4, 0.5) is 0 Å². The molecule has 2 N–H and O–H groups in total. The minimum absolute atomic E-state index is 0.148. The van der Waals surface area contributed by atoms with Gasteiger partial charge in [0.25, 0.3) is 0 Å². The predicted molar refractivity (Wildman–Crippen MR) is 57.9 cm³/mol. The molecule has 0 bridgehead atoms. The zero-order valence-electron chi connectivity index (χ0n) is 9.34. The van der Waals surface area contributed by atoms with Gasteiger partial charge in [-0.05, 0) is 25.3 Å². The summed E-state index contributed by atoms with van der Waals surface area (Å²) in [5.74, 6) is 0.760.